The Morgan fingerprint density at radius 1 is 0.214 bits per heavy atom. The van der Waals surface area contributed by atoms with Crippen molar-refractivity contribution in [3.05, 3.63) is 0 Å². The normalized spacial score (nSPS) is 54.9. The molecule has 9 rings (SSSR count). The molecule has 8 N–H and O–H groups in total. The van der Waals surface area contributed by atoms with E-state index in [9.17, 15) is 0 Å². The number of nitrogens with one attached hydrogen (secondary N) is 8. The molecule has 9 aliphatic rings. The van der Waals surface area contributed by atoms with Crippen molar-refractivity contribution in [2.24, 2.45) is 47.3 Å². The Morgan fingerprint density at radius 2 is 0.333 bits per heavy atom. The molecule has 42 heavy (non-hydrogen) atoms. The van der Waals surface area contributed by atoms with Crippen LogP contribution in [0.1, 0.15) is 103 Å². The van der Waals surface area contributed by atoms with Gasteiger partial charge in [0.05, 0.1) is 49.3 Å². The topological polar surface area (TPSA) is 96.2 Å². The Labute approximate surface area is 294 Å². The molecule has 8 nitrogen and oxygen atoms in total. The Hall–Kier alpha value is 1.52. The molecule has 9 fully saturated rings. The van der Waals surface area contributed by atoms with Gasteiger partial charge in [0.2, 0.25) is 0 Å². The van der Waals surface area contributed by atoms with E-state index in [1.165, 1.54) is 103 Å². The molecule has 4 saturated carbocycles. The standard InChI is InChI=1S/C32H56N8.2Pb.4H/c1-2-10-18-17(9-1)25-33-26(18)38-28-21-13-5-6-14-22(21)30(35-28)40-32-24-16-8-7-15-23(24)31(36-32)39-29-20-12-4-3-11-19(20)27(34-29)37-25;;;;;;/h17-40H,1-16H2;;;;;;. The van der Waals surface area contributed by atoms with E-state index in [-0.39, 0.29) is 54.6 Å². The molecule has 5 aliphatic heterocycles. The molecule has 4 aliphatic carbocycles. The zero-order chi connectivity index (χ0) is 26.2. The average Bonchev–Trinajstić information content (AvgIpc) is 3.73. The number of fused-ring (bicyclic) bond motifs is 20. The van der Waals surface area contributed by atoms with Gasteiger partial charge in [-0.1, -0.05) is 51.4 Å². The fourth-order valence-electron chi connectivity index (χ4n) is 12.0. The number of hydrogen-bond acceptors (Lipinski definition) is 8. The first-order chi connectivity index (χ1) is 19.8. The van der Waals surface area contributed by atoms with Crippen LogP contribution in [-0.4, -0.2) is 104 Å². The van der Waals surface area contributed by atoms with E-state index < -0.39 is 0 Å². The van der Waals surface area contributed by atoms with Crippen LogP contribution in [0, 0.1) is 47.3 Å². The Bertz CT molecular complexity index is 721. The quantitative estimate of drug-likeness (QED) is 0.169. The van der Waals surface area contributed by atoms with Crippen molar-refractivity contribution in [1.29, 1.82) is 0 Å². The van der Waals surface area contributed by atoms with Crippen LogP contribution in [0.15, 0.2) is 0 Å². The van der Waals surface area contributed by atoms with E-state index >= 15 is 0 Å². The van der Waals surface area contributed by atoms with Gasteiger partial charge in [0.1, 0.15) is 0 Å². The SMILES string of the molecule is C1CCC2C3NC(NC4NC(NC5NC(NC6NC(N3)C3CCCCC63)C3CCCCC53)C3CCCCC43)C2C1.[PbH2].[PbH2]. The van der Waals surface area contributed by atoms with Crippen LogP contribution in [0.2, 0.25) is 0 Å². The molecule has 0 aromatic carbocycles. The molecule has 5 heterocycles. The molecule has 0 amide bonds. The average molecular weight is 971 g/mol. The van der Waals surface area contributed by atoms with Gasteiger partial charge < -0.3 is 0 Å². The van der Waals surface area contributed by atoms with E-state index in [4.69, 9.17) is 0 Å². The molecule has 8 unspecified atom stereocenters. The van der Waals surface area contributed by atoms with Gasteiger partial charge >= 0.3 is 54.6 Å². The summed E-state index contributed by atoms with van der Waals surface area (Å²) < 4.78 is 0. The summed E-state index contributed by atoms with van der Waals surface area (Å²) in [6.45, 7) is 0. The second-order valence-corrected chi connectivity index (χ2v) is 15.6. The van der Waals surface area contributed by atoms with Gasteiger partial charge in [-0.2, -0.15) is 0 Å². The second-order valence-electron chi connectivity index (χ2n) is 15.6. The summed E-state index contributed by atoms with van der Waals surface area (Å²) in [6.07, 6.45) is 25.6. The summed E-state index contributed by atoms with van der Waals surface area (Å²) in [6, 6.07) is 0. The first-order valence-electron chi connectivity index (χ1n) is 17.9. The predicted octanol–water partition coefficient (Wildman–Crippen LogP) is 0.773. The van der Waals surface area contributed by atoms with E-state index in [0.717, 1.165) is 47.3 Å². The number of hydrogen-bond donors (Lipinski definition) is 8. The molecule has 236 valence electrons. The number of rotatable bonds is 0. The second kappa shape index (κ2) is 13.6. The van der Waals surface area contributed by atoms with Crippen LogP contribution in [0.3, 0.4) is 0 Å². The maximum absolute atomic E-state index is 4.26. The zero-order valence-corrected chi connectivity index (χ0v) is 37.0. The van der Waals surface area contributed by atoms with Crippen molar-refractivity contribution in [3.63, 3.8) is 0 Å². The summed E-state index contributed by atoms with van der Waals surface area (Å²) >= 11 is 0. The molecular formula is C32H60N8Pb2. The van der Waals surface area contributed by atoms with E-state index in [1.54, 1.807) is 0 Å². The van der Waals surface area contributed by atoms with E-state index in [1.807, 2.05) is 0 Å². The Balaban J connectivity index is 0.00000144. The van der Waals surface area contributed by atoms with Crippen molar-refractivity contribution in [3.8, 4) is 0 Å². The third-order valence-corrected chi connectivity index (χ3v) is 13.8. The van der Waals surface area contributed by atoms with Gasteiger partial charge in [0.25, 0.3) is 0 Å². The van der Waals surface area contributed by atoms with Crippen LogP contribution < -0.4 is 42.5 Å². The summed E-state index contributed by atoms with van der Waals surface area (Å²) in [4.78, 5) is 0. The van der Waals surface area contributed by atoms with Crippen LogP contribution in [0.4, 0.5) is 0 Å². The Kier molecular flexibility index (Phi) is 10.4. The van der Waals surface area contributed by atoms with Crippen molar-refractivity contribution in [1.82, 2.24) is 42.5 Å². The van der Waals surface area contributed by atoms with Gasteiger partial charge in [-0.05, 0) is 98.7 Å². The predicted molar refractivity (Wildman–Crippen MR) is 174 cm³/mol. The Morgan fingerprint density at radius 3 is 0.452 bits per heavy atom. The zero-order valence-electron chi connectivity index (χ0n) is 26.0. The summed E-state index contributed by atoms with van der Waals surface area (Å²) in [5.41, 5.74) is 0. The fraction of sp³-hybridized carbons (Fsp3) is 1.00. The molecule has 8 atom stereocenters. The van der Waals surface area contributed by atoms with Crippen molar-refractivity contribution < 1.29 is 0 Å². The van der Waals surface area contributed by atoms with E-state index in [2.05, 4.69) is 42.5 Å². The van der Waals surface area contributed by atoms with Crippen LogP contribution in [0.5, 0.6) is 0 Å². The molecule has 0 spiro atoms. The van der Waals surface area contributed by atoms with Crippen LogP contribution in [-0.2, 0) is 0 Å². The first kappa shape index (κ1) is 32.1. The first-order valence-corrected chi connectivity index (χ1v) is 17.9. The van der Waals surface area contributed by atoms with Gasteiger partial charge in [-0.15, -0.1) is 0 Å². The summed E-state index contributed by atoms with van der Waals surface area (Å²) in [5.74, 6) is 5.97. The van der Waals surface area contributed by atoms with Gasteiger partial charge in [-0.3, -0.25) is 42.5 Å². The summed E-state index contributed by atoms with van der Waals surface area (Å²) in [5, 5.41) is 33.8. The van der Waals surface area contributed by atoms with Gasteiger partial charge in [0, 0.05) is 0 Å². The molecule has 8 bridgehead atoms. The van der Waals surface area contributed by atoms with Crippen molar-refractivity contribution in [2.45, 2.75) is 152 Å². The third-order valence-electron chi connectivity index (χ3n) is 13.8. The molecule has 0 aromatic heterocycles. The van der Waals surface area contributed by atoms with Crippen molar-refractivity contribution in [2.75, 3.05) is 0 Å². The monoisotopic (exact) mass is 972 g/mol. The molecule has 0 aromatic rings. The van der Waals surface area contributed by atoms with Crippen LogP contribution in [0.25, 0.3) is 0 Å². The molecular weight excluding hydrogens is 911 g/mol. The third kappa shape index (κ3) is 5.68. The molecule has 5 saturated heterocycles. The minimum atomic E-state index is 0. The maximum atomic E-state index is 4.26. The van der Waals surface area contributed by atoms with Gasteiger partial charge in [0.15, 0.2) is 0 Å². The minimum absolute atomic E-state index is 0. The molecule has 10 heteroatoms. The van der Waals surface area contributed by atoms with Crippen molar-refractivity contribution >= 4 is 54.6 Å². The van der Waals surface area contributed by atoms with E-state index in [0.29, 0.717) is 49.3 Å². The fourth-order valence-corrected chi connectivity index (χ4v) is 12.0. The molecule has 4 radical (unpaired) electrons. The van der Waals surface area contributed by atoms with Gasteiger partial charge in [-0.25, -0.2) is 0 Å². The van der Waals surface area contributed by atoms with Crippen LogP contribution >= 0.6 is 0 Å². The summed E-state index contributed by atoms with van der Waals surface area (Å²) in [7, 11) is 0.